The number of nitrogens with zero attached hydrogens (tertiary/aromatic N) is 3. The number of aryl methyl sites for hydroxylation is 1. The van der Waals surface area contributed by atoms with Gasteiger partial charge in [0.15, 0.2) is 0 Å². The Morgan fingerprint density at radius 2 is 1.92 bits per heavy atom. The van der Waals surface area contributed by atoms with Crippen LogP contribution in [0.25, 0.3) is 21.3 Å². The number of hydrogen-bond acceptors (Lipinski definition) is 5. The summed E-state index contributed by atoms with van der Waals surface area (Å²) in [5.74, 6) is 1.24. The second-order valence-electron chi connectivity index (χ2n) is 5.63. The molecule has 25 heavy (non-hydrogen) atoms. The third kappa shape index (κ3) is 3.21. The molecule has 124 valence electrons. The molecule has 1 N–H and O–H groups in total. The van der Waals surface area contributed by atoms with Gasteiger partial charge in [0.2, 0.25) is 0 Å². The molecule has 0 aliphatic heterocycles. The Hall–Kier alpha value is -2.86. The zero-order chi connectivity index (χ0) is 17.2. The lowest BCUT2D eigenvalue weighted by atomic mass is 10.1. The van der Waals surface area contributed by atoms with E-state index in [9.17, 15) is 4.39 Å². The van der Waals surface area contributed by atoms with E-state index in [1.54, 1.807) is 29.7 Å². The maximum atomic E-state index is 13.2. The molecule has 0 fully saturated rings. The van der Waals surface area contributed by atoms with Crippen LogP contribution in [0.5, 0.6) is 0 Å². The van der Waals surface area contributed by atoms with E-state index < -0.39 is 0 Å². The van der Waals surface area contributed by atoms with E-state index in [-0.39, 0.29) is 5.82 Å². The van der Waals surface area contributed by atoms with E-state index in [2.05, 4.69) is 20.3 Å². The molecular weight excluding hydrogens is 335 g/mol. The summed E-state index contributed by atoms with van der Waals surface area (Å²) in [5, 5.41) is 6.37. The van der Waals surface area contributed by atoms with Gasteiger partial charge in [0, 0.05) is 17.1 Å². The first-order chi connectivity index (χ1) is 12.2. The van der Waals surface area contributed by atoms with Crippen LogP contribution < -0.4 is 5.32 Å². The van der Waals surface area contributed by atoms with Crippen LogP contribution in [0.2, 0.25) is 0 Å². The molecule has 0 atom stereocenters. The molecule has 3 heterocycles. The standard InChI is InChI=1S/C19H15FN4S/c1-12-23-18(22-10-15-4-2-3-9-21-15)17-16(11-25-19(17)24-12)13-5-7-14(20)8-6-13/h2-9,11H,10H2,1H3,(H,22,23,24). The number of halogens is 1. The molecule has 0 aliphatic carbocycles. The van der Waals surface area contributed by atoms with Gasteiger partial charge in [0.25, 0.3) is 0 Å². The van der Waals surface area contributed by atoms with Crippen molar-refractivity contribution in [2.75, 3.05) is 5.32 Å². The molecule has 0 spiro atoms. The van der Waals surface area contributed by atoms with Gasteiger partial charge in [-0.05, 0) is 36.8 Å². The van der Waals surface area contributed by atoms with Crippen molar-refractivity contribution in [1.29, 1.82) is 0 Å². The minimum Gasteiger partial charge on any atom is -0.364 e. The first-order valence-electron chi connectivity index (χ1n) is 7.86. The van der Waals surface area contributed by atoms with E-state index in [0.717, 1.165) is 32.9 Å². The number of aromatic nitrogens is 3. The van der Waals surface area contributed by atoms with Gasteiger partial charge in [0.05, 0.1) is 17.6 Å². The second kappa shape index (κ2) is 6.57. The summed E-state index contributed by atoms with van der Waals surface area (Å²) in [7, 11) is 0. The van der Waals surface area contributed by atoms with Crippen molar-refractivity contribution in [3.05, 3.63) is 71.4 Å². The summed E-state index contributed by atoms with van der Waals surface area (Å²) < 4.78 is 13.2. The van der Waals surface area contributed by atoms with Crippen LogP contribution in [0.15, 0.2) is 54.0 Å². The highest BCUT2D eigenvalue weighted by Crippen LogP contribution is 2.37. The fourth-order valence-corrected chi connectivity index (χ4v) is 3.69. The normalized spacial score (nSPS) is 11.0. The van der Waals surface area contributed by atoms with Crippen molar-refractivity contribution < 1.29 is 4.39 Å². The maximum Gasteiger partial charge on any atom is 0.139 e. The van der Waals surface area contributed by atoms with Crippen LogP contribution in [0.1, 0.15) is 11.5 Å². The highest BCUT2D eigenvalue weighted by atomic mass is 32.1. The van der Waals surface area contributed by atoms with Gasteiger partial charge in [-0.25, -0.2) is 14.4 Å². The number of hydrogen-bond donors (Lipinski definition) is 1. The number of fused-ring (bicyclic) bond motifs is 1. The molecule has 4 aromatic rings. The Balaban J connectivity index is 1.77. The van der Waals surface area contributed by atoms with Crippen molar-refractivity contribution in [1.82, 2.24) is 15.0 Å². The average molecular weight is 350 g/mol. The van der Waals surface area contributed by atoms with Crippen molar-refractivity contribution in [3.63, 3.8) is 0 Å². The number of nitrogens with one attached hydrogen (secondary N) is 1. The molecule has 1 aromatic carbocycles. The maximum absolute atomic E-state index is 13.2. The third-order valence-corrected chi connectivity index (χ3v) is 4.74. The van der Waals surface area contributed by atoms with Crippen LogP contribution in [-0.2, 0) is 6.54 Å². The van der Waals surface area contributed by atoms with E-state index in [1.807, 2.05) is 30.5 Å². The Labute approximate surface area is 148 Å². The zero-order valence-electron chi connectivity index (χ0n) is 13.5. The van der Waals surface area contributed by atoms with Crippen LogP contribution in [0.3, 0.4) is 0 Å². The SMILES string of the molecule is Cc1nc(NCc2ccccn2)c2c(-c3ccc(F)cc3)csc2n1. The summed E-state index contributed by atoms with van der Waals surface area (Å²) in [4.78, 5) is 14.3. The largest absolute Gasteiger partial charge is 0.364 e. The lowest BCUT2D eigenvalue weighted by Crippen LogP contribution is -2.05. The van der Waals surface area contributed by atoms with Gasteiger partial charge in [-0.3, -0.25) is 4.98 Å². The Morgan fingerprint density at radius 3 is 2.68 bits per heavy atom. The molecule has 4 rings (SSSR count). The first-order valence-corrected chi connectivity index (χ1v) is 8.74. The predicted molar refractivity (Wildman–Crippen MR) is 99.1 cm³/mol. The van der Waals surface area contributed by atoms with E-state index in [0.29, 0.717) is 12.4 Å². The summed E-state index contributed by atoms with van der Waals surface area (Å²) >= 11 is 1.56. The zero-order valence-corrected chi connectivity index (χ0v) is 14.3. The predicted octanol–water partition coefficient (Wildman–Crippen LogP) is 4.81. The molecule has 0 bridgehead atoms. The van der Waals surface area contributed by atoms with Crippen LogP contribution in [0, 0.1) is 12.7 Å². The van der Waals surface area contributed by atoms with Gasteiger partial charge in [0.1, 0.15) is 22.3 Å². The molecular formula is C19H15FN4S. The number of rotatable bonds is 4. The van der Waals surface area contributed by atoms with E-state index >= 15 is 0 Å². The molecule has 6 heteroatoms. The van der Waals surface area contributed by atoms with Crippen molar-refractivity contribution >= 4 is 27.4 Å². The number of benzene rings is 1. The molecule has 0 radical (unpaired) electrons. The van der Waals surface area contributed by atoms with Crippen LogP contribution >= 0.6 is 11.3 Å². The van der Waals surface area contributed by atoms with Gasteiger partial charge in [-0.2, -0.15) is 0 Å². The summed E-state index contributed by atoms with van der Waals surface area (Å²) in [6.07, 6.45) is 1.77. The smallest absolute Gasteiger partial charge is 0.139 e. The first kappa shape index (κ1) is 15.7. The molecule has 0 unspecified atom stereocenters. The Kier molecular flexibility index (Phi) is 4.11. The van der Waals surface area contributed by atoms with Crippen LogP contribution in [-0.4, -0.2) is 15.0 Å². The summed E-state index contributed by atoms with van der Waals surface area (Å²) in [5.41, 5.74) is 2.88. The summed E-state index contributed by atoms with van der Waals surface area (Å²) in [6, 6.07) is 12.3. The topological polar surface area (TPSA) is 50.7 Å². The van der Waals surface area contributed by atoms with Crippen molar-refractivity contribution in [2.45, 2.75) is 13.5 Å². The van der Waals surface area contributed by atoms with Gasteiger partial charge in [-0.15, -0.1) is 11.3 Å². The molecule has 4 nitrogen and oxygen atoms in total. The van der Waals surface area contributed by atoms with Gasteiger partial charge >= 0.3 is 0 Å². The lowest BCUT2D eigenvalue weighted by molar-refractivity contribution is 0.628. The molecule has 0 saturated heterocycles. The minimum atomic E-state index is -0.246. The Bertz CT molecular complexity index is 1010. The molecule has 0 amide bonds. The van der Waals surface area contributed by atoms with Crippen LogP contribution in [0.4, 0.5) is 10.2 Å². The molecule has 0 saturated carbocycles. The molecule has 0 aliphatic rings. The summed E-state index contributed by atoms with van der Waals surface area (Å²) in [6.45, 7) is 2.45. The highest BCUT2D eigenvalue weighted by molar-refractivity contribution is 7.17. The quantitative estimate of drug-likeness (QED) is 0.574. The number of pyridine rings is 1. The van der Waals surface area contributed by atoms with Crippen molar-refractivity contribution in [3.8, 4) is 11.1 Å². The van der Waals surface area contributed by atoms with E-state index in [4.69, 9.17) is 0 Å². The number of anilines is 1. The highest BCUT2D eigenvalue weighted by Gasteiger charge is 2.14. The Morgan fingerprint density at radius 1 is 1.08 bits per heavy atom. The second-order valence-corrected chi connectivity index (χ2v) is 6.49. The number of thiophene rings is 1. The van der Waals surface area contributed by atoms with Crippen molar-refractivity contribution in [2.24, 2.45) is 0 Å². The average Bonchev–Trinajstić information content (AvgIpc) is 3.05. The van der Waals surface area contributed by atoms with Gasteiger partial charge < -0.3 is 5.32 Å². The molecule has 3 aromatic heterocycles. The third-order valence-electron chi connectivity index (χ3n) is 3.86. The lowest BCUT2D eigenvalue weighted by Gasteiger charge is -2.09. The van der Waals surface area contributed by atoms with E-state index in [1.165, 1.54) is 12.1 Å². The fraction of sp³-hybridized carbons (Fsp3) is 0.105. The minimum absolute atomic E-state index is 0.246. The fourth-order valence-electron chi connectivity index (χ4n) is 2.70. The van der Waals surface area contributed by atoms with Gasteiger partial charge in [-0.1, -0.05) is 18.2 Å². The monoisotopic (exact) mass is 350 g/mol.